The van der Waals surface area contributed by atoms with E-state index in [-0.39, 0.29) is 22.0 Å². The molecule has 5 rings (SSSR count). The summed E-state index contributed by atoms with van der Waals surface area (Å²) in [7, 11) is -2.45. The Kier molecular flexibility index (Phi) is 5.65. The molecule has 0 saturated carbocycles. The normalized spacial score (nSPS) is 11.5. The van der Waals surface area contributed by atoms with Crippen LogP contribution in [0.5, 0.6) is 5.75 Å². The molecule has 0 radical (unpaired) electrons. The lowest BCUT2D eigenvalue weighted by molar-refractivity contribution is 0.414. The number of sulfonamides is 1. The van der Waals surface area contributed by atoms with Gasteiger partial charge in [0.05, 0.1) is 23.4 Å². The van der Waals surface area contributed by atoms with E-state index < -0.39 is 15.8 Å². The van der Waals surface area contributed by atoms with Crippen LogP contribution in [-0.2, 0) is 10.0 Å². The number of aromatic nitrogens is 3. The molecule has 7 nitrogen and oxygen atoms in total. The molecule has 0 aliphatic carbocycles. The smallest absolute Gasteiger partial charge is 0.261 e. The van der Waals surface area contributed by atoms with E-state index in [2.05, 4.69) is 19.7 Å². The molecule has 0 aliphatic heterocycles. The summed E-state index contributed by atoms with van der Waals surface area (Å²) in [5, 5.41) is 0.567. The van der Waals surface area contributed by atoms with Crippen LogP contribution >= 0.6 is 0 Å². The van der Waals surface area contributed by atoms with E-state index in [1.54, 1.807) is 18.2 Å². The van der Waals surface area contributed by atoms with Gasteiger partial charge in [0.25, 0.3) is 10.0 Å². The first kappa shape index (κ1) is 22.5. The summed E-state index contributed by atoms with van der Waals surface area (Å²) in [6.07, 6.45) is 1.31. The van der Waals surface area contributed by atoms with Crippen molar-refractivity contribution in [1.29, 1.82) is 0 Å². The van der Waals surface area contributed by atoms with Gasteiger partial charge < -0.3 is 9.72 Å². The molecule has 176 valence electrons. The van der Waals surface area contributed by atoms with Crippen LogP contribution in [0, 0.1) is 11.6 Å². The zero-order chi connectivity index (χ0) is 24.6. The number of benzene rings is 3. The maximum atomic E-state index is 15.2. The summed E-state index contributed by atoms with van der Waals surface area (Å²) in [6, 6.07) is 17.5. The standard InChI is InChI=1S/C25H18F2N4O3S/c1-34-18-7-9-19(10-8-18)35(32,33)31-17-6-11-20(22(27)12-17)24-21-13-23(30-25(21)29-14-28-24)15-2-4-16(26)5-3-15/h2-14,31H,1H3,(H,28,29,30). The maximum Gasteiger partial charge on any atom is 0.261 e. The zero-order valence-electron chi connectivity index (χ0n) is 18.3. The number of halogens is 2. The summed E-state index contributed by atoms with van der Waals surface area (Å²) < 4.78 is 61.2. The van der Waals surface area contributed by atoms with Gasteiger partial charge in [-0.25, -0.2) is 27.2 Å². The number of aromatic amines is 1. The molecule has 2 heterocycles. The molecule has 0 unspecified atom stereocenters. The summed E-state index contributed by atoms with van der Waals surface area (Å²) in [5.74, 6) is -0.498. The predicted octanol–water partition coefficient (Wildman–Crippen LogP) is 5.38. The van der Waals surface area contributed by atoms with Crippen molar-refractivity contribution in [3.05, 3.63) is 90.8 Å². The highest BCUT2D eigenvalue weighted by molar-refractivity contribution is 7.92. The third-order valence-corrected chi connectivity index (χ3v) is 6.82. The van der Waals surface area contributed by atoms with Gasteiger partial charge >= 0.3 is 0 Å². The van der Waals surface area contributed by atoms with Crippen molar-refractivity contribution in [2.45, 2.75) is 4.90 Å². The molecule has 35 heavy (non-hydrogen) atoms. The van der Waals surface area contributed by atoms with Gasteiger partial charge in [0.1, 0.15) is 29.4 Å². The van der Waals surface area contributed by atoms with Crippen LogP contribution in [0.15, 0.2) is 84.0 Å². The fraction of sp³-hybridized carbons (Fsp3) is 0.0400. The van der Waals surface area contributed by atoms with E-state index in [4.69, 9.17) is 4.74 Å². The van der Waals surface area contributed by atoms with Crippen molar-refractivity contribution in [2.75, 3.05) is 11.8 Å². The number of hydrogen-bond acceptors (Lipinski definition) is 5. The van der Waals surface area contributed by atoms with Gasteiger partial charge in [0.2, 0.25) is 0 Å². The lowest BCUT2D eigenvalue weighted by atomic mass is 10.1. The minimum absolute atomic E-state index is 0.0148. The Morgan fingerprint density at radius 2 is 1.66 bits per heavy atom. The van der Waals surface area contributed by atoms with Crippen molar-refractivity contribution < 1.29 is 21.9 Å². The van der Waals surface area contributed by atoms with E-state index in [9.17, 15) is 12.8 Å². The van der Waals surface area contributed by atoms with Crippen molar-refractivity contribution in [3.63, 3.8) is 0 Å². The van der Waals surface area contributed by atoms with Crippen LogP contribution in [0.2, 0.25) is 0 Å². The monoisotopic (exact) mass is 492 g/mol. The third kappa shape index (κ3) is 4.43. The predicted molar refractivity (Wildman–Crippen MR) is 128 cm³/mol. The summed E-state index contributed by atoms with van der Waals surface area (Å²) in [5.41, 5.74) is 2.47. The first-order valence-corrected chi connectivity index (χ1v) is 11.9. The minimum Gasteiger partial charge on any atom is -0.497 e. The van der Waals surface area contributed by atoms with Gasteiger partial charge in [-0.2, -0.15) is 0 Å². The summed E-state index contributed by atoms with van der Waals surface area (Å²) >= 11 is 0. The Morgan fingerprint density at radius 3 is 2.34 bits per heavy atom. The first-order chi connectivity index (χ1) is 16.8. The highest BCUT2D eigenvalue weighted by Crippen LogP contribution is 2.32. The molecule has 0 saturated heterocycles. The minimum atomic E-state index is -3.93. The van der Waals surface area contributed by atoms with Crippen LogP contribution in [-0.4, -0.2) is 30.5 Å². The van der Waals surface area contributed by atoms with Gasteiger partial charge in [-0.1, -0.05) is 0 Å². The van der Waals surface area contributed by atoms with Crippen LogP contribution in [0.1, 0.15) is 0 Å². The van der Waals surface area contributed by atoms with Crippen LogP contribution in [0.3, 0.4) is 0 Å². The number of nitrogens with one attached hydrogen (secondary N) is 2. The number of anilines is 1. The largest absolute Gasteiger partial charge is 0.497 e. The fourth-order valence-electron chi connectivity index (χ4n) is 3.68. The molecule has 3 aromatic carbocycles. The zero-order valence-corrected chi connectivity index (χ0v) is 19.1. The van der Waals surface area contributed by atoms with E-state index in [1.807, 2.05) is 0 Å². The van der Waals surface area contributed by atoms with E-state index in [0.29, 0.717) is 28.2 Å². The number of fused-ring (bicyclic) bond motifs is 1. The van der Waals surface area contributed by atoms with Crippen LogP contribution < -0.4 is 9.46 Å². The Labute approximate surface area is 199 Å². The molecule has 2 aromatic heterocycles. The highest BCUT2D eigenvalue weighted by atomic mass is 32.2. The van der Waals surface area contributed by atoms with Crippen LogP contribution in [0.25, 0.3) is 33.5 Å². The molecule has 5 aromatic rings. The van der Waals surface area contributed by atoms with Crippen molar-refractivity contribution >= 4 is 26.7 Å². The maximum absolute atomic E-state index is 15.2. The number of nitrogens with zero attached hydrogens (tertiary/aromatic N) is 2. The van der Waals surface area contributed by atoms with Gasteiger partial charge in [-0.05, 0) is 78.4 Å². The Bertz CT molecular complexity index is 1630. The highest BCUT2D eigenvalue weighted by Gasteiger charge is 2.18. The average molecular weight is 493 g/mol. The molecule has 0 amide bonds. The summed E-state index contributed by atoms with van der Waals surface area (Å²) in [6.45, 7) is 0. The molecule has 0 bridgehead atoms. The Hall–Kier alpha value is -4.31. The molecular formula is C25H18F2N4O3S. The van der Waals surface area contributed by atoms with Crippen molar-refractivity contribution in [1.82, 2.24) is 15.0 Å². The van der Waals surface area contributed by atoms with Crippen molar-refractivity contribution in [2.24, 2.45) is 0 Å². The fourth-order valence-corrected chi connectivity index (χ4v) is 4.73. The number of ether oxygens (including phenoxy) is 1. The van der Waals surface area contributed by atoms with Gasteiger partial charge in [0, 0.05) is 16.6 Å². The molecule has 10 heteroatoms. The quantitative estimate of drug-likeness (QED) is 0.332. The number of methoxy groups -OCH3 is 1. The average Bonchev–Trinajstić information content (AvgIpc) is 3.29. The molecular weight excluding hydrogens is 474 g/mol. The number of rotatable bonds is 6. The molecule has 0 atom stereocenters. The van der Waals surface area contributed by atoms with E-state index in [1.165, 1.54) is 62.0 Å². The Morgan fingerprint density at radius 1 is 0.914 bits per heavy atom. The second-order valence-electron chi connectivity index (χ2n) is 7.65. The number of hydrogen-bond donors (Lipinski definition) is 2. The van der Waals surface area contributed by atoms with Crippen molar-refractivity contribution in [3.8, 4) is 28.3 Å². The SMILES string of the molecule is COc1ccc(S(=O)(=O)Nc2ccc(-c3ncnc4[nH]c(-c5ccc(F)cc5)cc34)c(F)c2)cc1. The topological polar surface area (TPSA) is 97.0 Å². The summed E-state index contributed by atoms with van der Waals surface area (Å²) in [4.78, 5) is 11.6. The molecule has 0 spiro atoms. The number of H-pyrrole nitrogens is 1. The van der Waals surface area contributed by atoms with Gasteiger partial charge in [0.15, 0.2) is 0 Å². The molecule has 2 N–H and O–H groups in total. The lowest BCUT2D eigenvalue weighted by Gasteiger charge is -2.10. The van der Waals surface area contributed by atoms with Gasteiger partial charge in [-0.3, -0.25) is 4.72 Å². The van der Waals surface area contributed by atoms with E-state index >= 15 is 4.39 Å². The second-order valence-corrected chi connectivity index (χ2v) is 9.33. The second kappa shape index (κ2) is 8.80. The molecule has 0 aliphatic rings. The lowest BCUT2D eigenvalue weighted by Crippen LogP contribution is -2.13. The van der Waals surface area contributed by atoms with E-state index in [0.717, 1.165) is 11.6 Å². The first-order valence-electron chi connectivity index (χ1n) is 10.4. The van der Waals surface area contributed by atoms with Crippen LogP contribution in [0.4, 0.5) is 14.5 Å². The molecule has 0 fully saturated rings. The van der Waals surface area contributed by atoms with Gasteiger partial charge in [-0.15, -0.1) is 0 Å². The Balaban J connectivity index is 1.47. The third-order valence-electron chi connectivity index (χ3n) is 5.43.